The third-order valence-electron chi connectivity index (χ3n) is 5.81. The molecule has 0 aliphatic carbocycles. The highest BCUT2D eigenvalue weighted by Crippen LogP contribution is 2.22. The normalized spacial score (nSPS) is 10.8. The Morgan fingerprint density at radius 2 is 1.82 bits per heavy atom. The average Bonchev–Trinajstić information content (AvgIpc) is 3.43. The molecule has 0 unspecified atom stereocenters. The van der Waals surface area contributed by atoms with Crippen molar-refractivity contribution in [1.29, 1.82) is 0 Å². The van der Waals surface area contributed by atoms with Crippen LogP contribution in [0.4, 0.5) is 16.0 Å². The first-order valence-electron chi connectivity index (χ1n) is 12.3. The van der Waals surface area contributed by atoms with Gasteiger partial charge in [0.1, 0.15) is 5.82 Å². The van der Waals surface area contributed by atoms with Crippen LogP contribution in [-0.4, -0.2) is 53.1 Å². The van der Waals surface area contributed by atoms with Gasteiger partial charge in [0, 0.05) is 53.1 Å². The van der Waals surface area contributed by atoms with Crippen LogP contribution in [0.1, 0.15) is 34.5 Å². The SMILES string of the molecule is CCc1cc(Nc2cc(C)nc(-c3cnc(C(=O)NCc4cnc(-c5ccc(OC)nc5)cn4)c(F)c3)n2)n[nH]1. The molecule has 0 aliphatic heterocycles. The second-order valence-electron chi connectivity index (χ2n) is 8.69. The van der Waals surface area contributed by atoms with Gasteiger partial charge < -0.3 is 15.4 Å². The van der Waals surface area contributed by atoms with Gasteiger partial charge in [0.2, 0.25) is 5.88 Å². The lowest BCUT2D eigenvalue weighted by Gasteiger charge is -2.09. The first-order chi connectivity index (χ1) is 19.4. The Hall–Kier alpha value is -5.33. The number of anilines is 2. The van der Waals surface area contributed by atoms with Crippen molar-refractivity contribution in [1.82, 2.24) is 45.4 Å². The van der Waals surface area contributed by atoms with E-state index in [0.29, 0.717) is 40.2 Å². The number of halogens is 1. The predicted molar refractivity (Wildman–Crippen MR) is 144 cm³/mol. The van der Waals surface area contributed by atoms with Crippen LogP contribution in [-0.2, 0) is 13.0 Å². The average molecular weight is 541 g/mol. The van der Waals surface area contributed by atoms with Crippen molar-refractivity contribution in [3.63, 3.8) is 0 Å². The fourth-order valence-electron chi connectivity index (χ4n) is 3.73. The van der Waals surface area contributed by atoms with E-state index >= 15 is 0 Å². The van der Waals surface area contributed by atoms with Gasteiger partial charge in [-0.1, -0.05) is 6.92 Å². The molecule has 0 radical (unpaired) electrons. The number of amides is 1. The highest BCUT2D eigenvalue weighted by atomic mass is 19.1. The smallest absolute Gasteiger partial charge is 0.273 e. The van der Waals surface area contributed by atoms with Gasteiger partial charge in [0.25, 0.3) is 5.91 Å². The molecule has 0 fully saturated rings. The summed E-state index contributed by atoms with van der Waals surface area (Å²) in [7, 11) is 1.54. The highest BCUT2D eigenvalue weighted by molar-refractivity contribution is 5.92. The fourth-order valence-corrected chi connectivity index (χ4v) is 3.73. The monoisotopic (exact) mass is 540 g/mol. The zero-order valence-electron chi connectivity index (χ0n) is 21.9. The summed E-state index contributed by atoms with van der Waals surface area (Å²) in [5, 5.41) is 12.9. The zero-order chi connectivity index (χ0) is 28.1. The Kier molecular flexibility index (Phi) is 7.62. The molecule has 1 amide bonds. The number of hydrogen-bond donors (Lipinski definition) is 3. The summed E-state index contributed by atoms with van der Waals surface area (Å²) < 4.78 is 20.0. The Bertz CT molecular complexity index is 1640. The topological polar surface area (TPSA) is 156 Å². The highest BCUT2D eigenvalue weighted by Gasteiger charge is 2.17. The maximum Gasteiger partial charge on any atom is 0.273 e. The standard InChI is InChI=1S/C27H25FN10O2/c1-4-18-9-23(38-37-18)35-22-7-15(2)34-26(36-22)17-8-20(28)25(32-11-17)27(39)33-13-19-12-30-21(14-29-19)16-5-6-24(40-3)31-10-16/h5-12,14H,4,13H2,1-3H3,(H,33,39)(H2,34,35,36,37,38). The van der Waals surface area contributed by atoms with Gasteiger partial charge in [-0.15, -0.1) is 0 Å². The molecule has 5 aromatic rings. The Morgan fingerprint density at radius 1 is 0.975 bits per heavy atom. The molecule has 0 saturated heterocycles. The van der Waals surface area contributed by atoms with Gasteiger partial charge in [-0.25, -0.2) is 24.3 Å². The van der Waals surface area contributed by atoms with E-state index < -0.39 is 11.7 Å². The van der Waals surface area contributed by atoms with E-state index in [1.54, 1.807) is 31.5 Å². The molecule has 0 spiro atoms. The van der Waals surface area contributed by atoms with E-state index in [2.05, 4.69) is 50.7 Å². The number of rotatable bonds is 9. The summed E-state index contributed by atoms with van der Waals surface area (Å²) in [4.78, 5) is 38.3. The Morgan fingerprint density at radius 3 is 2.50 bits per heavy atom. The number of methoxy groups -OCH3 is 1. The lowest BCUT2D eigenvalue weighted by molar-refractivity contribution is 0.0941. The number of ether oxygens (including phenoxy) is 1. The largest absolute Gasteiger partial charge is 0.481 e. The van der Waals surface area contributed by atoms with E-state index in [0.717, 1.165) is 17.7 Å². The maximum absolute atomic E-state index is 14.9. The number of pyridine rings is 2. The van der Waals surface area contributed by atoms with Crippen LogP contribution >= 0.6 is 0 Å². The van der Waals surface area contributed by atoms with Crippen LogP contribution < -0.4 is 15.4 Å². The molecule has 0 saturated carbocycles. The molecule has 5 aromatic heterocycles. The van der Waals surface area contributed by atoms with Crippen LogP contribution in [0.15, 0.2) is 55.1 Å². The number of H-pyrrole nitrogens is 1. The van der Waals surface area contributed by atoms with Crippen molar-refractivity contribution in [2.24, 2.45) is 0 Å². The van der Waals surface area contributed by atoms with Crippen molar-refractivity contribution in [3.05, 3.63) is 83.7 Å². The van der Waals surface area contributed by atoms with Crippen molar-refractivity contribution in [2.45, 2.75) is 26.8 Å². The van der Waals surface area contributed by atoms with Gasteiger partial charge in [-0.2, -0.15) is 5.10 Å². The molecule has 0 bridgehead atoms. The second kappa shape index (κ2) is 11.6. The van der Waals surface area contributed by atoms with E-state index in [1.165, 1.54) is 25.6 Å². The summed E-state index contributed by atoms with van der Waals surface area (Å²) in [6.07, 6.45) is 6.90. The minimum atomic E-state index is -0.803. The number of aryl methyl sites for hydroxylation is 2. The number of hydrogen-bond acceptors (Lipinski definition) is 10. The number of nitrogens with zero attached hydrogens (tertiary/aromatic N) is 7. The molecule has 0 atom stereocenters. The van der Waals surface area contributed by atoms with E-state index in [1.807, 2.05) is 19.1 Å². The molecule has 40 heavy (non-hydrogen) atoms. The number of nitrogens with one attached hydrogen (secondary N) is 3. The van der Waals surface area contributed by atoms with E-state index in [4.69, 9.17) is 4.74 Å². The first-order valence-corrected chi connectivity index (χ1v) is 12.3. The zero-order valence-corrected chi connectivity index (χ0v) is 21.9. The quantitative estimate of drug-likeness (QED) is 0.251. The Labute approximate surface area is 228 Å². The molecular formula is C27H25FN10O2. The minimum Gasteiger partial charge on any atom is -0.481 e. The van der Waals surface area contributed by atoms with Crippen molar-refractivity contribution >= 4 is 17.5 Å². The molecule has 0 aromatic carbocycles. The van der Waals surface area contributed by atoms with Gasteiger partial charge in [-0.3, -0.25) is 19.9 Å². The summed E-state index contributed by atoms with van der Waals surface area (Å²) in [6, 6.07) is 8.35. The molecular weight excluding hydrogens is 515 g/mol. The maximum atomic E-state index is 14.9. The summed E-state index contributed by atoms with van der Waals surface area (Å²) in [5.74, 6) is 0.363. The molecule has 202 valence electrons. The van der Waals surface area contributed by atoms with Crippen LogP contribution in [0.25, 0.3) is 22.6 Å². The lowest BCUT2D eigenvalue weighted by Crippen LogP contribution is -2.25. The Balaban J connectivity index is 1.24. The number of aromatic amines is 1. The van der Waals surface area contributed by atoms with Crippen LogP contribution in [0.2, 0.25) is 0 Å². The van der Waals surface area contributed by atoms with Crippen molar-refractivity contribution < 1.29 is 13.9 Å². The number of carbonyl (C=O) groups is 1. The summed E-state index contributed by atoms with van der Waals surface area (Å²) >= 11 is 0. The van der Waals surface area contributed by atoms with Gasteiger partial charge in [0.15, 0.2) is 23.2 Å². The van der Waals surface area contributed by atoms with Crippen LogP contribution in [0.3, 0.4) is 0 Å². The lowest BCUT2D eigenvalue weighted by atomic mass is 10.2. The third kappa shape index (κ3) is 6.04. The molecule has 5 rings (SSSR count). The number of carbonyl (C=O) groups excluding carboxylic acids is 1. The van der Waals surface area contributed by atoms with E-state index in [-0.39, 0.29) is 18.1 Å². The predicted octanol–water partition coefficient (Wildman–Crippen LogP) is 3.81. The van der Waals surface area contributed by atoms with Crippen LogP contribution in [0.5, 0.6) is 5.88 Å². The summed E-state index contributed by atoms with van der Waals surface area (Å²) in [5.41, 5.74) is 3.48. The van der Waals surface area contributed by atoms with Crippen molar-refractivity contribution in [3.8, 4) is 28.5 Å². The van der Waals surface area contributed by atoms with Gasteiger partial charge in [-0.05, 0) is 25.5 Å². The molecule has 12 nitrogen and oxygen atoms in total. The minimum absolute atomic E-state index is 0.0405. The summed E-state index contributed by atoms with van der Waals surface area (Å²) in [6.45, 7) is 3.86. The first kappa shape index (κ1) is 26.3. The van der Waals surface area contributed by atoms with Crippen molar-refractivity contribution in [2.75, 3.05) is 12.4 Å². The molecule has 13 heteroatoms. The second-order valence-corrected chi connectivity index (χ2v) is 8.69. The number of aromatic nitrogens is 8. The van der Waals surface area contributed by atoms with Crippen LogP contribution in [0, 0.1) is 12.7 Å². The third-order valence-corrected chi connectivity index (χ3v) is 5.81. The molecule has 0 aliphatic rings. The van der Waals surface area contributed by atoms with Gasteiger partial charge in [0.05, 0.1) is 37.4 Å². The van der Waals surface area contributed by atoms with Gasteiger partial charge >= 0.3 is 0 Å². The van der Waals surface area contributed by atoms with E-state index in [9.17, 15) is 9.18 Å². The fraction of sp³-hybridized carbons (Fsp3) is 0.185. The molecule has 5 heterocycles. The molecule has 3 N–H and O–H groups in total.